The number of carbonyl (C=O) groups is 1. The maximum atomic E-state index is 13.5. The third-order valence-electron chi connectivity index (χ3n) is 4.81. The number of nitrogens with zero attached hydrogens (tertiary/aromatic N) is 2. The fourth-order valence-corrected chi connectivity index (χ4v) is 4.63. The maximum absolute atomic E-state index is 13.5. The van der Waals surface area contributed by atoms with Gasteiger partial charge in [-0.1, -0.05) is 18.7 Å². The zero-order valence-electron chi connectivity index (χ0n) is 13.5. The van der Waals surface area contributed by atoms with E-state index in [1.165, 1.54) is 0 Å². The summed E-state index contributed by atoms with van der Waals surface area (Å²) in [6, 6.07) is 0. The van der Waals surface area contributed by atoms with Crippen molar-refractivity contribution >= 4 is 17.5 Å². The molecule has 2 bridgehead atoms. The summed E-state index contributed by atoms with van der Waals surface area (Å²) in [5.41, 5.74) is -0.141. The predicted molar refractivity (Wildman–Crippen MR) is 82.1 cm³/mol. The van der Waals surface area contributed by atoms with E-state index in [0.29, 0.717) is 18.5 Å². The van der Waals surface area contributed by atoms with Gasteiger partial charge in [0.05, 0.1) is 12.7 Å². The quantitative estimate of drug-likeness (QED) is 0.742. The smallest absolute Gasteiger partial charge is 0.343 e. The van der Waals surface area contributed by atoms with Crippen LogP contribution in [-0.2, 0) is 33.3 Å². The Morgan fingerprint density at radius 1 is 1.24 bits per heavy atom. The second-order valence-electron chi connectivity index (χ2n) is 6.79. The number of rotatable bonds is 2. The molecule has 4 atom stereocenters. The fraction of sp³-hybridized carbons (Fsp3) is 0.688. The number of ether oxygens (including phenoxy) is 2. The van der Waals surface area contributed by atoms with Crippen molar-refractivity contribution in [3.63, 3.8) is 0 Å². The fourth-order valence-electron chi connectivity index (χ4n) is 3.51. The summed E-state index contributed by atoms with van der Waals surface area (Å²) in [6.45, 7) is 2.20. The Kier molecular flexibility index (Phi) is 4.28. The predicted octanol–water partition coefficient (Wildman–Crippen LogP) is 2.80. The Morgan fingerprint density at radius 3 is 2.80 bits per heavy atom. The lowest BCUT2D eigenvalue weighted by Gasteiger charge is -2.27. The van der Waals surface area contributed by atoms with Gasteiger partial charge >= 0.3 is 6.18 Å². The molecule has 9 heteroatoms. The Bertz CT molecular complexity index is 713. The molecule has 25 heavy (non-hydrogen) atoms. The van der Waals surface area contributed by atoms with Crippen molar-refractivity contribution in [2.45, 2.75) is 61.6 Å². The van der Waals surface area contributed by atoms with Gasteiger partial charge in [0.1, 0.15) is 0 Å². The number of ketones is 1. The van der Waals surface area contributed by atoms with Gasteiger partial charge in [0.15, 0.2) is 16.6 Å². The molecule has 0 aromatic carbocycles. The van der Waals surface area contributed by atoms with Crippen molar-refractivity contribution in [2.75, 3.05) is 6.61 Å². The number of hydrogen-bond acceptors (Lipinski definition) is 6. The van der Waals surface area contributed by atoms with Crippen LogP contribution in [0.25, 0.3) is 0 Å². The Labute approximate surface area is 146 Å². The highest BCUT2D eigenvalue weighted by atomic mass is 32.2. The Hall–Kier alpha value is -1.19. The molecule has 2 aliphatic heterocycles. The minimum Gasteiger partial charge on any atom is -0.343 e. The van der Waals surface area contributed by atoms with Crippen molar-refractivity contribution < 1.29 is 27.4 Å². The van der Waals surface area contributed by atoms with Crippen LogP contribution < -0.4 is 0 Å². The average Bonchev–Trinajstić information content (AvgIpc) is 2.97. The number of aryl methyl sites for hydroxylation is 1. The molecular weight excluding hydrogens is 357 g/mol. The summed E-state index contributed by atoms with van der Waals surface area (Å²) in [6.07, 6.45) is -3.78. The number of halogens is 3. The second kappa shape index (κ2) is 6.21. The van der Waals surface area contributed by atoms with Crippen molar-refractivity contribution in [2.24, 2.45) is 5.92 Å². The second-order valence-corrected chi connectivity index (χ2v) is 8.00. The molecule has 136 valence electrons. The van der Waals surface area contributed by atoms with E-state index in [2.05, 4.69) is 9.97 Å². The van der Waals surface area contributed by atoms with Crippen LogP contribution in [0.15, 0.2) is 5.16 Å². The molecule has 4 rings (SSSR count). The van der Waals surface area contributed by atoms with Crippen LogP contribution in [0, 0.1) is 5.92 Å². The highest BCUT2D eigenvalue weighted by Crippen LogP contribution is 2.40. The van der Waals surface area contributed by atoms with Crippen molar-refractivity contribution in [1.29, 1.82) is 0 Å². The molecular formula is C16H17F3N2O3S. The van der Waals surface area contributed by atoms with E-state index in [1.807, 2.05) is 6.92 Å². The summed E-state index contributed by atoms with van der Waals surface area (Å²) in [5.74, 6) is 0.00159. The number of carbonyl (C=O) groups excluding carboxylic acids is 1. The van der Waals surface area contributed by atoms with Gasteiger partial charge in [0.25, 0.3) is 0 Å². The van der Waals surface area contributed by atoms with Gasteiger partial charge in [-0.25, -0.2) is 9.97 Å². The van der Waals surface area contributed by atoms with E-state index in [9.17, 15) is 18.0 Å². The van der Waals surface area contributed by atoms with Gasteiger partial charge in [-0.15, -0.1) is 0 Å². The van der Waals surface area contributed by atoms with Gasteiger partial charge in [-0.2, -0.15) is 13.2 Å². The first-order chi connectivity index (χ1) is 11.8. The van der Waals surface area contributed by atoms with Gasteiger partial charge in [0, 0.05) is 22.9 Å². The summed E-state index contributed by atoms with van der Waals surface area (Å²) < 4.78 is 51.1. The molecule has 2 saturated heterocycles. The van der Waals surface area contributed by atoms with Crippen LogP contribution in [0.5, 0.6) is 0 Å². The van der Waals surface area contributed by atoms with Crippen LogP contribution in [-0.4, -0.2) is 40.0 Å². The van der Waals surface area contributed by atoms with Crippen molar-refractivity contribution in [1.82, 2.24) is 9.97 Å². The van der Waals surface area contributed by atoms with E-state index < -0.39 is 18.2 Å². The highest BCUT2D eigenvalue weighted by molar-refractivity contribution is 7.99. The maximum Gasteiger partial charge on any atom is 0.433 e. The standard InChI is InChI=1S/C16H17F3N2O3S/c1-7-2-3-9-8(4-7)13(16(17,18)19)21-15(20-9)25-12-5-10(22)14-23-6-11(12)24-14/h7,11-12,14H,2-6H2,1H3/t7-,11-,12+,14-/m0/s1. The van der Waals surface area contributed by atoms with E-state index >= 15 is 0 Å². The Balaban J connectivity index is 1.65. The third-order valence-corrected chi connectivity index (χ3v) is 5.98. The summed E-state index contributed by atoms with van der Waals surface area (Å²) in [5, 5.41) is -0.264. The van der Waals surface area contributed by atoms with Crippen LogP contribution >= 0.6 is 11.8 Å². The zero-order chi connectivity index (χ0) is 17.8. The molecule has 1 aromatic rings. The molecule has 0 N–H and O–H groups in total. The van der Waals surface area contributed by atoms with E-state index in [0.717, 1.165) is 18.2 Å². The molecule has 1 aromatic heterocycles. The number of aromatic nitrogens is 2. The first-order valence-corrected chi connectivity index (χ1v) is 9.12. The monoisotopic (exact) mass is 374 g/mol. The number of alkyl halides is 3. The molecule has 5 nitrogen and oxygen atoms in total. The minimum atomic E-state index is -4.51. The first kappa shape index (κ1) is 17.2. The highest BCUT2D eigenvalue weighted by Gasteiger charge is 2.45. The molecule has 3 aliphatic rings. The number of hydrogen-bond donors (Lipinski definition) is 0. The third kappa shape index (κ3) is 3.29. The van der Waals surface area contributed by atoms with Crippen LogP contribution in [0.3, 0.4) is 0 Å². The number of fused-ring (bicyclic) bond motifs is 3. The lowest BCUT2D eigenvalue weighted by atomic mass is 9.87. The molecule has 0 saturated carbocycles. The summed E-state index contributed by atoms with van der Waals surface area (Å²) >= 11 is 1.08. The zero-order valence-corrected chi connectivity index (χ0v) is 14.3. The topological polar surface area (TPSA) is 61.3 Å². The number of Topliss-reactive ketones (excluding diaryl/α,β-unsaturated/α-hetero) is 1. The molecule has 0 radical (unpaired) electrons. The van der Waals surface area contributed by atoms with E-state index in [4.69, 9.17) is 9.47 Å². The van der Waals surface area contributed by atoms with Crippen LogP contribution in [0.1, 0.15) is 36.7 Å². The lowest BCUT2D eigenvalue weighted by molar-refractivity contribution is -0.151. The lowest BCUT2D eigenvalue weighted by Crippen LogP contribution is -2.37. The Morgan fingerprint density at radius 2 is 2.04 bits per heavy atom. The normalized spacial score (nSPS) is 31.9. The SMILES string of the molecule is C[C@H]1CCc2nc(S[C@@H]3CC(=O)[C@H]4OC[C@@H]3O4)nc(C(F)(F)F)c2C1. The minimum absolute atomic E-state index is 0.0624. The molecule has 1 aliphatic carbocycles. The van der Waals surface area contributed by atoms with Crippen molar-refractivity contribution in [3.05, 3.63) is 17.0 Å². The van der Waals surface area contributed by atoms with Crippen molar-refractivity contribution in [3.8, 4) is 0 Å². The summed E-state index contributed by atoms with van der Waals surface area (Å²) in [7, 11) is 0. The first-order valence-electron chi connectivity index (χ1n) is 8.24. The van der Waals surface area contributed by atoms with E-state index in [1.54, 1.807) is 0 Å². The molecule has 2 fully saturated rings. The van der Waals surface area contributed by atoms with Gasteiger partial charge < -0.3 is 9.47 Å². The van der Waals surface area contributed by atoms with Crippen LogP contribution in [0.2, 0.25) is 0 Å². The summed E-state index contributed by atoms with van der Waals surface area (Å²) in [4.78, 5) is 20.0. The van der Waals surface area contributed by atoms with Gasteiger partial charge in [-0.3, -0.25) is 4.79 Å². The molecule has 0 unspecified atom stereocenters. The number of thioether (sulfide) groups is 1. The van der Waals surface area contributed by atoms with Gasteiger partial charge in [0.2, 0.25) is 6.29 Å². The average molecular weight is 374 g/mol. The van der Waals surface area contributed by atoms with E-state index in [-0.39, 0.29) is 46.8 Å². The molecule has 0 spiro atoms. The van der Waals surface area contributed by atoms with Gasteiger partial charge in [-0.05, 0) is 25.2 Å². The molecule has 0 amide bonds. The largest absolute Gasteiger partial charge is 0.433 e. The molecule has 3 heterocycles. The van der Waals surface area contributed by atoms with Crippen LogP contribution in [0.4, 0.5) is 13.2 Å².